The van der Waals surface area contributed by atoms with Gasteiger partial charge < -0.3 is 4.90 Å². The monoisotopic (exact) mass is 273 g/mol. The second-order valence-corrected chi connectivity index (χ2v) is 5.11. The number of hydrogen-bond acceptors (Lipinski definition) is 2. The van der Waals surface area contributed by atoms with Gasteiger partial charge in [-0.2, -0.15) is 0 Å². The van der Waals surface area contributed by atoms with E-state index < -0.39 is 21.6 Å². The van der Waals surface area contributed by atoms with Gasteiger partial charge in [0.15, 0.2) is 0 Å². The first-order valence-corrected chi connectivity index (χ1v) is 6.43. The van der Waals surface area contributed by atoms with E-state index in [9.17, 15) is 0 Å². The molecule has 1 aromatic carbocycles. The van der Waals surface area contributed by atoms with Gasteiger partial charge in [-0.1, -0.05) is 0 Å². The van der Waals surface area contributed by atoms with Crippen molar-refractivity contribution < 1.29 is 3.44 Å². The molecule has 3 heteroatoms. The standard InChI is InChI=1S/C6H5.C3H9N.H2O.Sn/c1-2-4-6-5-3-1;1-4(2)3;;/h1-5H;1-3H3;1H2;/q;;;+1/p-1. The average molecular weight is 272 g/mol. The van der Waals surface area contributed by atoms with Crippen LogP contribution in [0.2, 0.25) is 0 Å². The molecular formula is C9H15NOSn. The Morgan fingerprint density at radius 1 is 1.08 bits per heavy atom. The molecule has 0 unspecified atom stereocenters. The molecule has 0 aliphatic heterocycles. The summed E-state index contributed by atoms with van der Waals surface area (Å²) < 4.78 is 9.84. The molecule has 0 heterocycles. The Hall–Kier alpha value is -0.0613. The molecule has 12 heavy (non-hydrogen) atoms. The molecule has 0 bridgehead atoms. The molecular weight excluding hydrogens is 257 g/mol. The first kappa shape index (κ1) is 11.9. The topological polar surface area (TPSA) is 23.5 Å². The summed E-state index contributed by atoms with van der Waals surface area (Å²) in [5.74, 6) is 0. The van der Waals surface area contributed by atoms with Crippen LogP contribution in [-0.2, 0) is 0 Å². The third-order valence-electron chi connectivity index (χ3n) is 0.903. The first-order chi connectivity index (χ1) is 5.66. The fraction of sp³-hybridized carbons (Fsp3) is 0.333. The fourth-order valence-electron chi connectivity index (χ4n) is 0.513. The zero-order chi connectivity index (χ0) is 9.40. The van der Waals surface area contributed by atoms with Crippen LogP contribution in [0.5, 0.6) is 0 Å². The Kier molecular flexibility index (Phi) is 7.54. The maximum absolute atomic E-state index is 8.71. The van der Waals surface area contributed by atoms with E-state index in [2.05, 4.69) is 0 Å². The number of rotatable bonds is 1. The molecule has 2 radical (unpaired) electrons. The predicted octanol–water partition coefficient (Wildman–Crippen LogP) is 0.101. The van der Waals surface area contributed by atoms with Crippen molar-refractivity contribution in [2.45, 2.75) is 0 Å². The van der Waals surface area contributed by atoms with E-state index in [0.29, 0.717) is 0 Å². The van der Waals surface area contributed by atoms with Gasteiger partial charge in [0.2, 0.25) is 0 Å². The molecule has 1 N–H and O–H groups in total. The molecule has 0 amide bonds. The number of benzene rings is 1. The van der Waals surface area contributed by atoms with Crippen molar-refractivity contribution in [3.05, 3.63) is 30.3 Å². The van der Waals surface area contributed by atoms with E-state index in [1.807, 2.05) is 56.4 Å². The minimum absolute atomic E-state index is 1.14. The predicted molar refractivity (Wildman–Crippen MR) is 53.7 cm³/mol. The normalized spacial score (nSPS) is 9.08. The van der Waals surface area contributed by atoms with Crippen molar-refractivity contribution in [1.82, 2.24) is 4.90 Å². The minimum atomic E-state index is -1.14. The van der Waals surface area contributed by atoms with Crippen molar-refractivity contribution in [2.24, 2.45) is 0 Å². The molecule has 66 valence electrons. The summed E-state index contributed by atoms with van der Waals surface area (Å²) in [6.07, 6.45) is 0. The first-order valence-electron chi connectivity index (χ1n) is 3.73. The van der Waals surface area contributed by atoms with Crippen LogP contribution in [0.4, 0.5) is 0 Å². The van der Waals surface area contributed by atoms with Gasteiger partial charge in [0, 0.05) is 0 Å². The van der Waals surface area contributed by atoms with Gasteiger partial charge in [-0.05, 0) is 21.1 Å². The molecule has 0 aromatic heterocycles. The molecule has 0 aliphatic carbocycles. The Bertz CT molecular complexity index is 186. The Morgan fingerprint density at radius 3 is 1.75 bits per heavy atom. The third-order valence-corrected chi connectivity index (χ3v) is 2.59. The molecule has 0 spiro atoms. The van der Waals surface area contributed by atoms with E-state index in [1.54, 1.807) is 0 Å². The molecule has 1 aromatic rings. The summed E-state index contributed by atoms with van der Waals surface area (Å²) in [5, 5.41) is 0. The molecule has 0 saturated heterocycles. The van der Waals surface area contributed by atoms with Gasteiger partial charge in [-0.15, -0.1) is 0 Å². The Morgan fingerprint density at radius 2 is 1.50 bits per heavy atom. The number of hydrogen-bond donors (Lipinski definition) is 1. The van der Waals surface area contributed by atoms with Crippen LogP contribution >= 0.6 is 0 Å². The van der Waals surface area contributed by atoms with E-state index in [0.717, 1.165) is 3.58 Å². The average Bonchev–Trinajstić information content (AvgIpc) is 2.05. The third kappa shape index (κ3) is 8.04. The van der Waals surface area contributed by atoms with Crippen LogP contribution in [-0.4, -0.2) is 51.0 Å². The van der Waals surface area contributed by atoms with Crippen molar-refractivity contribution in [3.63, 3.8) is 0 Å². The van der Waals surface area contributed by atoms with Crippen LogP contribution in [0.1, 0.15) is 0 Å². The van der Waals surface area contributed by atoms with Gasteiger partial charge in [-0.25, -0.2) is 0 Å². The molecule has 0 aliphatic rings. The van der Waals surface area contributed by atoms with Crippen molar-refractivity contribution in [3.8, 4) is 0 Å². The second-order valence-electron chi connectivity index (χ2n) is 2.82. The fourth-order valence-corrected chi connectivity index (χ4v) is 1.49. The molecule has 1 rings (SSSR count). The summed E-state index contributed by atoms with van der Waals surface area (Å²) >= 11 is -1.14. The van der Waals surface area contributed by atoms with Gasteiger partial charge in [0.25, 0.3) is 0 Å². The van der Waals surface area contributed by atoms with E-state index in [-0.39, 0.29) is 0 Å². The van der Waals surface area contributed by atoms with E-state index in [1.165, 1.54) is 0 Å². The van der Waals surface area contributed by atoms with Crippen LogP contribution in [0.15, 0.2) is 30.3 Å². The SMILES string of the molecule is CN(C)C.[OH][Sn][c]1ccccc1. The van der Waals surface area contributed by atoms with Crippen molar-refractivity contribution in [2.75, 3.05) is 21.1 Å². The van der Waals surface area contributed by atoms with Gasteiger partial charge >= 0.3 is 58.9 Å². The zero-order valence-corrected chi connectivity index (χ0v) is 10.6. The maximum atomic E-state index is 8.71. The summed E-state index contributed by atoms with van der Waals surface area (Å²) in [6, 6.07) is 9.79. The Labute approximate surface area is 85.0 Å². The zero-order valence-electron chi connectivity index (χ0n) is 7.78. The second kappa shape index (κ2) is 7.58. The van der Waals surface area contributed by atoms with Gasteiger partial charge in [-0.3, -0.25) is 0 Å². The van der Waals surface area contributed by atoms with Crippen LogP contribution in [0.25, 0.3) is 0 Å². The summed E-state index contributed by atoms with van der Waals surface area (Å²) in [7, 11) is 6.00. The van der Waals surface area contributed by atoms with Gasteiger partial charge in [0.05, 0.1) is 0 Å². The van der Waals surface area contributed by atoms with Crippen LogP contribution < -0.4 is 3.58 Å². The quantitative estimate of drug-likeness (QED) is 0.733. The summed E-state index contributed by atoms with van der Waals surface area (Å²) in [6.45, 7) is 0. The molecule has 0 atom stereocenters. The van der Waals surface area contributed by atoms with Crippen LogP contribution in [0, 0.1) is 0 Å². The van der Waals surface area contributed by atoms with E-state index in [4.69, 9.17) is 3.44 Å². The van der Waals surface area contributed by atoms with Gasteiger partial charge in [0.1, 0.15) is 0 Å². The van der Waals surface area contributed by atoms with Crippen molar-refractivity contribution >= 4 is 25.1 Å². The Balaban J connectivity index is 0.000000261. The van der Waals surface area contributed by atoms with Crippen LogP contribution in [0.3, 0.4) is 0 Å². The van der Waals surface area contributed by atoms with E-state index >= 15 is 0 Å². The summed E-state index contributed by atoms with van der Waals surface area (Å²) in [4.78, 5) is 2.00. The molecule has 2 nitrogen and oxygen atoms in total. The van der Waals surface area contributed by atoms with Crippen molar-refractivity contribution in [1.29, 1.82) is 0 Å². The summed E-state index contributed by atoms with van der Waals surface area (Å²) in [5.41, 5.74) is 0. The molecule has 0 saturated carbocycles. The number of nitrogens with zero attached hydrogens (tertiary/aromatic N) is 1. The molecule has 0 fully saturated rings.